The molecule has 0 bridgehead atoms. The number of urea groups is 1. The van der Waals surface area contributed by atoms with Gasteiger partial charge in [0.25, 0.3) is 0 Å². The van der Waals surface area contributed by atoms with Crippen LogP contribution in [-0.2, 0) is 4.79 Å². The van der Waals surface area contributed by atoms with Gasteiger partial charge >= 0.3 is 12.0 Å². The molecule has 2 N–H and O–H groups in total. The molecule has 22 heavy (non-hydrogen) atoms. The van der Waals surface area contributed by atoms with Crippen LogP contribution in [0.1, 0.15) is 48.4 Å². The zero-order chi connectivity index (χ0) is 16.1. The van der Waals surface area contributed by atoms with E-state index in [9.17, 15) is 9.59 Å². The lowest BCUT2D eigenvalue weighted by molar-refractivity contribution is -0.137. The summed E-state index contributed by atoms with van der Waals surface area (Å²) in [4.78, 5) is 24.7. The number of nitrogens with one attached hydrogen (secondary N) is 1. The fourth-order valence-corrected chi connectivity index (χ4v) is 2.99. The van der Waals surface area contributed by atoms with Crippen LogP contribution < -0.4 is 5.32 Å². The van der Waals surface area contributed by atoms with Gasteiger partial charge in [0.05, 0.1) is 6.04 Å². The summed E-state index contributed by atoms with van der Waals surface area (Å²) in [5, 5.41) is 11.5. The molecule has 2 rings (SSSR count). The quantitative estimate of drug-likeness (QED) is 0.822. The van der Waals surface area contributed by atoms with E-state index in [-0.39, 0.29) is 18.5 Å². The molecule has 1 aromatic carbocycles. The van der Waals surface area contributed by atoms with E-state index in [1.165, 1.54) is 16.7 Å². The zero-order valence-corrected chi connectivity index (χ0v) is 13.3. The highest BCUT2D eigenvalue weighted by atomic mass is 16.4. The molecule has 1 unspecified atom stereocenters. The second kappa shape index (κ2) is 7.29. The Morgan fingerprint density at radius 2 is 2.14 bits per heavy atom. The summed E-state index contributed by atoms with van der Waals surface area (Å²) >= 11 is 0. The van der Waals surface area contributed by atoms with Crippen molar-refractivity contribution in [3.05, 3.63) is 34.9 Å². The molecule has 0 aromatic heterocycles. The van der Waals surface area contributed by atoms with Crippen molar-refractivity contribution in [3.63, 3.8) is 0 Å². The van der Waals surface area contributed by atoms with Crippen molar-refractivity contribution in [3.8, 4) is 0 Å². The normalized spacial score (nSPS) is 17.5. The number of amides is 2. The van der Waals surface area contributed by atoms with Crippen LogP contribution in [0, 0.1) is 13.8 Å². The molecule has 0 spiro atoms. The van der Waals surface area contributed by atoms with Gasteiger partial charge in [-0.25, -0.2) is 4.79 Å². The van der Waals surface area contributed by atoms with Gasteiger partial charge in [-0.1, -0.05) is 23.8 Å². The van der Waals surface area contributed by atoms with E-state index >= 15 is 0 Å². The predicted octanol–water partition coefficient (Wildman–Crippen LogP) is 3.01. The molecular weight excluding hydrogens is 280 g/mol. The summed E-state index contributed by atoms with van der Waals surface area (Å²) in [6, 6.07) is 6.39. The summed E-state index contributed by atoms with van der Waals surface area (Å²) in [6.45, 7) is 5.30. The predicted molar refractivity (Wildman–Crippen MR) is 84.9 cm³/mol. The topological polar surface area (TPSA) is 69.6 Å². The SMILES string of the molecule is Cc1ccc(C)c(C2CCCN2C(=O)NCCCC(=O)O)c1. The van der Waals surface area contributed by atoms with E-state index in [0.29, 0.717) is 13.0 Å². The Bertz CT molecular complexity index is 557. The number of hydrogen-bond acceptors (Lipinski definition) is 2. The lowest BCUT2D eigenvalue weighted by atomic mass is 9.97. The first kappa shape index (κ1) is 16.3. The minimum absolute atomic E-state index is 0.0840. The lowest BCUT2D eigenvalue weighted by Crippen LogP contribution is -2.40. The standard InChI is InChI=1S/C17H24N2O3/c1-12-7-8-13(2)14(11-12)15-5-4-10-19(15)17(22)18-9-3-6-16(20)21/h7-8,11,15H,3-6,9-10H2,1-2H3,(H,18,22)(H,20,21). The molecule has 0 radical (unpaired) electrons. The first-order valence-electron chi connectivity index (χ1n) is 7.82. The Hall–Kier alpha value is -2.04. The molecule has 2 amide bonds. The van der Waals surface area contributed by atoms with Crippen LogP contribution in [0.3, 0.4) is 0 Å². The van der Waals surface area contributed by atoms with E-state index in [1.54, 1.807) is 0 Å². The Morgan fingerprint density at radius 1 is 1.36 bits per heavy atom. The van der Waals surface area contributed by atoms with Crippen molar-refractivity contribution in [1.82, 2.24) is 10.2 Å². The fourth-order valence-electron chi connectivity index (χ4n) is 2.99. The molecule has 5 heteroatoms. The number of aliphatic carboxylic acids is 1. The Morgan fingerprint density at radius 3 is 2.86 bits per heavy atom. The average molecular weight is 304 g/mol. The van der Waals surface area contributed by atoms with Crippen LogP contribution in [0.4, 0.5) is 4.79 Å². The van der Waals surface area contributed by atoms with Gasteiger partial charge < -0.3 is 15.3 Å². The summed E-state index contributed by atoms with van der Waals surface area (Å²) in [7, 11) is 0. The summed E-state index contributed by atoms with van der Waals surface area (Å²) in [6.07, 6.45) is 2.52. The molecule has 120 valence electrons. The molecule has 1 aliphatic heterocycles. The van der Waals surface area contributed by atoms with Crippen LogP contribution in [0.25, 0.3) is 0 Å². The van der Waals surface area contributed by atoms with Crippen molar-refractivity contribution in [2.45, 2.75) is 45.6 Å². The number of carboxylic acid groups (broad SMARTS) is 1. The fraction of sp³-hybridized carbons (Fsp3) is 0.529. The molecule has 0 aliphatic carbocycles. The second-order valence-corrected chi connectivity index (χ2v) is 5.94. The smallest absolute Gasteiger partial charge is 0.317 e. The molecule has 1 aromatic rings. The molecule has 1 saturated heterocycles. The molecule has 5 nitrogen and oxygen atoms in total. The number of benzene rings is 1. The van der Waals surface area contributed by atoms with Gasteiger partial charge in [-0.05, 0) is 44.2 Å². The number of carbonyl (C=O) groups excluding carboxylic acids is 1. The van der Waals surface area contributed by atoms with Gasteiger partial charge in [-0.3, -0.25) is 4.79 Å². The lowest BCUT2D eigenvalue weighted by Gasteiger charge is -2.27. The maximum atomic E-state index is 12.3. The van der Waals surface area contributed by atoms with Crippen LogP contribution in [-0.4, -0.2) is 35.1 Å². The second-order valence-electron chi connectivity index (χ2n) is 5.94. The maximum absolute atomic E-state index is 12.3. The van der Waals surface area contributed by atoms with Crippen LogP contribution in [0.2, 0.25) is 0 Å². The number of carbonyl (C=O) groups is 2. The Balaban J connectivity index is 1.99. The van der Waals surface area contributed by atoms with Crippen molar-refractivity contribution in [1.29, 1.82) is 0 Å². The van der Waals surface area contributed by atoms with Crippen molar-refractivity contribution in [2.75, 3.05) is 13.1 Å². The number of rotatable bonds is 5. The van der Waals surface area contributed by atoms with Crippen LogP contribution in [0.15, 0.2) is 18.2 Å². The van der Waals surface area contributed by atoms with E-state index < -0.39 is 5.97 Å². The first-order valence-corrected chi connectivity index (χ1v) is 7.82. The van der Waals surface area contributed by atoms with Crippen molar-refractivity contribution in [2.24, 2.45) is 0 Å². The van der Waals surface area contributed by atoms with E-state index in [0.717, 1.165) is 19.4 Å². The minimum atomic E-state index is -0.830. The van der Waals surface area contributed by atoms with Gasteiger partial charge in [0.15, 0.2) is 0 Å². The summed E-state index contributed by atoms with van der Waals surface area (Å²) < 4.78 is 0. The number of aryl methyl sites for hydroxylation is 2. The number of carboxylic acids is 1. The largest absolute Gasteiger partial charge is 0.481 e. The molecule has 0 saturated carbocycles. The van der Waals surface area contributed by atoms with E-state index in [1.807, 2.05) is 4.90 Å². The third-order valence-corrected chi connectivity index (χ3v) is 4.15. The van der Waals surface area contributed by atoms with Crippen molar-refractivity contribution >= 4 is 12.0 Å². The van der Waals surface area contributed by atoms with E-state index in [4.69, 9.17) is 5.11 Å². The number of likely N-dealkylation sites (tertiary alicyclic amines) is 1. The van der Waals surface area contributed by atoms with Crippen LogP contribution >= 0.6 is 0 Å². The van der Waals surface area contributed by atoms with E-state index in [2.05, 4.69) is 37.4 Å². The van der Waals surface area contributed by atoms with Crippen LogP contribution in [0.5, 0.6) is 0 Å². The minimum Gasteiger partial charge on any atom is -0.481 e. The van der Waals surface area contributed by atoms with Gasteiger partial charge in [0.1, 0.15) is 0 Å². The van der Waals surface area contributed by atoms with Gasteiger partial charge in [-0.2, -0.15) is 0 Å². The summed E-state index contributed by atoms with van der Waals surface area (Å²) in [5.41, 5.74) is 3.63. The highest BCUT2D eigenvalue weighted by molar-refractivity contribution is 5.75. The maximum Gasteiger partial charge on any atom is 0.317 e. The zero-order valence-electron chi connectivity index (χ0n) is 13.3. The third kappa shape index (κ3) is 4.00. The average Bonchev–Trinajstić information content (AvgIpc) is 2.95. The molecule has 1 atom stereocenters. The molecule has 1 heterocycles. The van der Waals surface area contributed by atoms with Gasteiger partial charge in [-0.15, -0.1) is 0 Å². The summed E-state index contributed by atoms with van der Waals surface area (Å²) in [5.74, 6) is -0.830. The third-order valence-electron chi connectivity index (χ3n) is 4.15. The van der Waals surface area contributed by atoms with Gasteiger partial charge in [0, 0.05) is 19.5 Å². The molecule has 1 fully saturated rings. The highest BCUT2D eigenvalue weighted by Gasteiger charge is 2.30. The van der Waals surface area contributed by atoms with Gasteiger partial charge in [0.2, 0.25) is 0 Å². The number of hydrogen-bond donors (Lipinski definition) is 2. The highest BCUT2D eigenvalue weighted by Crippen LogP contribution is 2.34. The molecular formula is C17H24N2O3. The Kier molecular flexibility index (Phi) is 5.41. The number of nitrogens with zero attached hydrogens (tertiary/aromatic N) is 1. The van der Waals surface area contributed by atoms with Crippen molar-refractivity contribution < 1.29 is 14.7 Å². The first-order chi connectivity index (χ1) is 10.5. The Labute approximate surface area is 131 Å². The monoisotopic (exact) mass is 304 g/mol. The molecule has 1 aliphatic rings.